The molecule has 4 rings (SSSR count). The van der Waals surface area contributed by atoms with Crippen LogP contribution in [0.2, 0.25) is 0 Å². The van der Waals surface area contributed by atoms with Crippen molar-refractivity contribution in [3.05, 3.63) is 0 Å². The van der Waals surface area contributed by atoms with Crippen molar-refractivity contribution in [2.75, 3.05) is 20.7 Å². The average Bonchev–Trinajstić information content (AvgIpc) is 3.09. The summed E-state index contributed by atoms with van der Waals surface area (Å²) in [5, 5.41) is 11.4. The monoisotopic (exact) mass is 433 g/mol. The molecule has 0 heterocycles. The summed E-state index contributed by atoms with van der Waals surface area (Å²) in [5.74, 6) is 3.89. The van der Waals surface area contributed by atoms with E-state index in [2.05, 4.69) is 46.7 Å². The summed E-state index contributed by atoms with van der Waals surface area (Å²) in [6.45, 7) is 10.7. The highest BCUT2D eigenvalue weighted by Gasteiger charge is 2.62. The van der Waals surface area contributed by atoms with E-state index < -0.39 is 0 Å². The first-order chi connectivity index (χ1) is 14.7. The molecule has 3 nitrogen and oxygen atoms in total. The molecule has 10 atom stereocenters. The number of ether oxygens (including phenoxy) is 1. The van der Waals surface area contributed by atoms with Gasteiger partial charge in [0.2, 0.25) is 0 Å². The van der Waals surface area contributed by atoms with Crippen LogP contribution in [0.5, 0.6) is 0 Å². The molecule has 0 aliphatic heterocycles. The predicted octanol–water partition coefficient (Wildman–Crippen LogP) is 6.14. The zero-order chi connectivity index (χ0) is 22.4. The molecule has 180 valence electrons. The van der Waals surface area contributed by atoms with E-state index in [0.29, 0.717) is 22.8 Å². The Hall–Kier alpha value is -0.120. The molecule has 0 radical (unpaired) electrons. The lowest BCUT2D eigenvalue weighted by Crippen LogP contribution is -2.59. The lowest BCUT2D eigenvalue weighted by molar-refractivity contribution is -0.185. The first-order valence-electron chi connectivity index (χ1n) is 13.7. The van der Waals surface area contributed by atoms with Crippen LogP contribution >= 0.6 is 0 Å². The fraction of sp³-hybridized carbons (Fsp3) is 1.00. The summed E-state index contributed by atoms with van der Waals surface area (Å²) in [5.41, 5.74) is 0.838. The molecule has 4 aliphatic rings. The average molecular weight is 434 g/mol. The van der Waals surface area contributed by atoms with E-state index in [4.69, 9.17) is 4.74 Å². The minimum absolute atomic E-state index is 0.0807. The third-order valence-electron chi connectivity index (χ3n) is 11.3. The molecule has 0 amide bonds. The summed E-state index contributed by atoms with van der Waals surface area (Å²) in [4.78, 5) is 2.46. The number of hydrogen-bond acceptors (Lipinski definition) is 3. The number of hydrogen-bond donors (Lipinski definition) is 1. The fourth-order valence-electron chi connectivity index (χ4n) is 9.26. The Bertz CT molecular complexity index is 608. The molecular formula is C28H51NO2. The Kier molecular flexibility index (Phi) is 7.17. The van der Waals surface area contributed by atoms with Crippen LogP contribution in [-0.4, -0.2) is 49.0 Å². The number of rotatable bonds is 7. The van der Waals surface area contributed by atoms with Crippen molar-refractivity contribution in [1.82, 2.24) is 4.90 Å². The molecule has 0 aromatic rings. The largest absolute Gasteiger partial charge is 0.390 e. The van der Waals surface area contributed by atoms with E-state index in [-0.39, 0.29) is 12.2 Å². The van der Waals surface area contributed by atoms with Gasteiger partial charge in [-0.3, -0.25) is 0 Å². The van der Waals surface area contributed by atoms with E-state index in [1.807, 2.05) is 0 Å². The van der Waals surface area contributed by atoms with Crippen LogP contribution in [0.4, 0.5) is 0 Å². The minimum atomic E-state index is -0.250. The number of unbranched alkanes of at least 4 members (excludes halogenated alkanes) is 2. The number of fused-ring (bicyclic) bond motifs is 5. The Morgan fingerprint density at radius 3 is 2.29 bits per heavy atom. The third-order valence-corrected chi connectivity index (χ3v) is 11.3. The first-order valence-corrected chi connectivity index (χ1v) is 13.7. The molecule has 0 aromatic heterocycles. The second-order valence-electron chi connectivity index (χ2n) is 12.6. The lowest BCUT2D eigenvalue weighted by atomic mass is 9.44. The van der Waals surface area contributed by atoms with E-state index in [9.17, 15) is 5.11 Å². The lowest BCUT2D eigenvalue weighted by Gasteiger charge is -2.62. The second kappa shape index (κ2) is 9.26. The first kappa shape index (κ1) is 24.0. The molecule has 0 aromatic carbocycles. The SMILES string of the molecule is CCCCCO[C@H]1CC[C@@]2(C)[C@@H](CC[C@@H]3[C@@H]2CC[C@]2(C)[C@@H]([C@H](C)N(C)C)CC[C@@H]32)[C@@H]1O. The van der Waals surface area contributed by atoms with Gasteiger partial charge in [-0.2, -0.15) is 0 Å². The molecule has 31 heavy (non-hydrogen) atoms. The van der Waals surface area contributed by atoms with E-state index in [0.717, 1.165) is 43.1 Å². The molecule has 1 N–H and O–H groups in total. The maximum Gasteiger partial charge on any atom is 0.0837 e. The molecule has 4 fully saturated rings. The molecular weight excluding hydrogens is 382 g/mol. The van der Waals surface area contributed by atoms with Gasteiger partial charge in [0.1, 0.15) is 0 Å². The van der Waals surface area contributed by atoms with Gasteiger partial charge in [0.05, 0.1) is 12.2 Å². The highest BCUT2D eigenvalue weighted by Crippen LogP contribution is 2.68. The van der Waals surface area contributed by atoms with E-state index in [1.54, 1.807) is 0 Å². The van der Waals surface area contributed by atoms with Gasteiger partial charge in [-0.25, -0.2) is 0 Å². The second-order valence-corrected chi connectivity index (χ2v) is 12.6. The predicted molar refractivity (Wildman–Crippen MR) is 129 cm³/mol. The van der Waals surface area contributed by atoms with Crippen molar-refractivity contribution in [2.24, 2.45) is 40.4 Å². The molecule has 0 spiro atoms. The third kappa shape index (κ3) is 4.03. The standard InChI is InChI=1S/C28H51NO2/c1-7-8-9-18-31-25-15-17-28(4)23-14-16-27(3)21(19(2)29(5)6)12-13-22(27)20(23)10-11-24(28)26(25)30/h19-26,30H,7-18H2,1-6H3/t19-,20-,21+,22-,23-,24-,25-,26-,27+,28+/m0/s1. The Morgan fingerprint density at radius 1 is 0.903 bits per heavy atom. The van der Waals surface area contributed by atoms with E-state index in [1.165, 1.54) is 57.8 Å². The summed E-state index contributed by atoms with van der Waals surface area (Å²) >= 11 is 0. The minimum Gasteiger partial charge on any atom is -0.390 e. The van der Waals surface area contributed by atoms with Crippen LogP contribution in [0.1, 0.15) is 98.3 Å². The van der Waals surface area contributed by atoms with Crippen LogP contribution in [0.3, 0.4) is 0 Å². The maximum absolute atomic E-state index is 11.4. The zero-order valence-corrected chi connectivity index (χ0v) is 21.4. The van der Waals surface area contributed by atoms with Gasteiger partial charge in [-0.05, 0) is 119 Å². The van der Waals surface area contributed by atoms with E-state index >= 15 is 0 Å². The van der Waals surface area contributed by atoms with Gasteiger partial charge in [-0.1, -0.05) is 33.6 Å². The number of aliphatic hydroxyl groups is 1. The smallest absolute Gasteiger partial charge is 0.0837 e. The maximum atomic E-state index is 11.4. The van der Waals surface area contributed by atoms with Crippen molar-refractivity contribution < 1.29 is 9.84 Å². The van der Waals surface area contributed by atoms with Crippen LogP contribution in [0, 0.1) is 40.4 Å². The quantitative estimate of drug-likeness (QED) is 0.489. The molecule has 0 saturated heterocycles. The summed E-state index contributed by atoms with van der Waals surface area (Å²) in [6, 6.07) is 0.681. The molecule has 0 unspecified atom stereocenters. The molecule has 4 saturated carbocycles. The van der Waals surface area contributed by atoms with Crippen molar-refractivity contribution in [3.63, 3.8) is 0 Å². The Labute approximate surface area is 192 Å². The van der Waals surface area contributed by atoms with Crippen LogP contribution in [0.25, 0.3) is 0 Å². The van der Waals surface area contributed by atoms with Crippen molar-refractivity contribution in [2.45, 2.75) is 117 Å². The van der Waals surface area contributed by atoms with Crippen molar-refractivity contribution >= 4 is 0 Å². The fourth-order valence-corrected chi connectivity index (χ4v) is 9.26. The van der Waals surface area contributed by atoms with Gasteiger partial charge in [0.25, 0.3) is 0 Å². The van der Waals surface area contributed by atoms with Crippen molar-refractivity contribution in [3.8, 4) is 0 Å². The highest BCUT2D eigenvalue weighted by molar-refractivity contribution is 5.11. The molecule has 4 aliphatic carbocycles. The normalized spacial score (nSPS) is 48.2. The highest BCUT2D eigenvalue weighted by atomic mass is 16.5. The zero-order valence-electron chi connectivity index (χ0n) is 21.4. The van der Waals surface area contributed by atoms with Gasteiger partial charge in [0.15, 0.2) is 0 Å². The summed E-state index contributed by atoms with van der Waals surface area (Å²) in [6.07, 6.45) is 14.0. The van der Waals surface area contributed by atoms with Gasteiger partial charge in [0, 0.05) is 12.6 Å². The van der Waals surface area contributed by atoms with Crippen molar-refractivity contribution in [1.29, 1.82) is 0 Å². The number of nitrogens with zero attached hydrogens (tertiary/aromatic N) is 1. The van der Waals surface area contributed by atoms with Crippen LogP contribution < -0.4 is 0 Å². The van der Waals surface area contributed by atoms with Gasteiger partial charge in [-0.15, -0.1) is 0 Å². The topological polar surface area (TPSA) is 32.7 Å². The van der Waals surface area contributed by atoms with Crippen LogP contribution in [0.15, 0.2) is 0 Å². The van der Waals surface area contributed by atoms with Crippen LogP contribution in [-0.2, 0) is 4.74 Å². The van der Waals surface area contributed by atoms with Gasteiger partial charge >= 0.3 is 0 Å². The summed E-state index contributed by atoms with van der Waals surface area (Å²) in [7, 11) is 4.53. The van der Waals surface area contributed by atoms with Gasteiger partial charge < -0.3 is 14.7 Å². The summed E-state index contributed by atoms with van der Waals surface area (Å²) < 4.78 is 6.22. The molecule has 0 bridgehead atoms. The Morgan fingerprint density at radius 2 is 1.58 bits per heavy atom. The molecule has 3 heteroatoms. The number of aliphatic hydroxyl groups excluding tert-OH is 1. The Balaban J connectivity index is 1.46.